The molecule has 3 heterocycles. The summed E-state index contributed by atoms with van der Waals surface area (Å²) in [5.41, 5.74) is -1.28. The van der Waals surface area contributed by atoms with E-state index in [4.69, 9.17) is 33.2 Å². The molecule has 3 aliphatic rings. The predicted octanol–water partition coefficient (Wildman–Crippen LogP) is -1.83. The van der Waals surface area contributed by atoms with Crippen LogP contribution in [0.25, 0.3) is 12.2 Å². The Balaban J connectivity index is 1.02. The van der Waals surface area contributed by atoms with Gasteiger partial charge in [-0.3, -0.25) is 4.79 Å². The SMILES string of the molecule is O=C(/C=C/c1ccc(OC2OC(C(=O)O)C(O)C(O)C2O)cc1)OCC1(O)COC(OC2C(Oc3ccc(/C=C/C(=O)c4ccc(O)cc4O)cc3)OC(CO)C(O)C2O)C1O. The minimum atomic E-state index is -2.21. The summed E-state index contributed by atoms with van der Waals surface area (Å²) in [4.78, 5) is 36.4. The fraction of sp³-hybridized carbons (Fsp3) is 0.390. The number of phenols is 2. The fourth-order valence-electron chi connectivity index (χ4n) is 6.48. The van der Waals surface area contributed by atoms with Gasteiger partial charge in [0.05, 0.1) is 18.8 Å². The summed E-state index contributed by atoms with van der Waals surface area (Å²) in [6.07, 6.45) is -15.5. The van der Waals surface area contributed by atoms with Crippen molar-refractivity contribution < 1.29 is 104 Å². The molecule has 334 valence electrons. The Morgan fingerprint density at radius 3 is 1.94 bits per heavy atom. The molecular formula is C41H44O21. The zero-order chi connectivity index (χ0) is 44.9. The number of hydrogen-bond donors (Lipinski definition) is 11. The van der Waals surface area contributed by atoms with Crippen LogP contribution in [-0.4, -0.2) is 173 Å². The molecule has 3 aromatic carbocycles. The number of carbonyl (C=O) groups is 3. The Labute approximate surface area is 351 Å². The number of ketones is 1. The normalized spacial score (nSPS) is 32.5. The van der Waals surface area contributed by atoms with Crippen molar-refractivity contribution in [1.82, 2.24) is 0 Å². The number of carboxylic acid groups (broad SMARTS) is 1. The van der Waals surface area contributed by atoms with Crippen LogP contribution in [-0.2, 0) is 33.3 Å². The molecule has 3 saturated heterocycles. The van der Waals surface area contributed by atoms with Crippen molar-refractivity contribution in [3.05, 3.63) is 95.6 Å². The number of aliphatic hydroxyl groups is 8. The Bertz CT molecular complexity index is 2090. The Morgan fingerprint density at radius 2 is 1.34 bits per heavy atom. The Hall–Kier alpha value is -5.53. The highest BCUT2D eigenvalue weighted by Gasteiger charge is 2.54. The molecule has 3 fully saturated rings. The van der Waals surface area contributed by atoms with Gasteiger partial charge in [-0.05, 0) is 59.7 Å². The minimum absolute atomic E-state index is 0.0285. The maximum absolute atomic E-state index is 12.6. The molecule has 13 atom stereocenters. The first-order valence-corrected chi connectivity index (χ1v) is 18.8. The van der Waals surface area contributed by atoms with Gasteiger partial charge >= 0.3 is 11.9 Å². The van der Waals surface area contributed by atoms with Crippen molar-refractivity contribution in [3.8, 4) is 23.0 Å². The number of aromatic hydroxyl groups is 2. The van der Waals surface area contributed by atoms with Gasteiger partial charge in [-0.25, -0.2) is 9.59 Å². The monoisotopic (exact) mass is 872 g/mol. The topological polar surface area (TPSA) is 338 Å². The van der Waals surface area contributed by atoms with Crippen LogP contribution in [0.2, 0.25) is 0 Å². The lowest BCUT2D eigenvalue weighted by atomic mass is 9.98. The third kappa shape index (κ3) is 10.6. The highest BCUT2D eigenvalue weighted by Crippen LogP contribution is 2.33. The minimum Gasteiger partial charge on any atom is -0.508 e. The second kappa shape index (κ2) is 19.7. The summed E-state index contributed by atoms with van der Waals surface area (Å²) in [5.74, 6) is -3.44. The van der Waals surface area contributed by atoms with Gasteiger partial charge in [0.25, 0.3) is 0 Å². The molecule has 0 aromatic heterocycles. The Morgan fingerprint density at radius 1 is 0.726 bits per heavy atom. The van der Waals surface area contributed by atoms with Crippen LogP contribution < -0.4 is 9.47 Å². The lowest BCUT2D eigenvalue weighted by Gasteiger charge is -2.42. The number of carboxylic acids is 1. The molecular weight excluding hydrogens is 828 g/mol. The van der Waals surface area contributed by atoms with Gasteiger partial charge in [0, 0.05) is 12.1 Å². The average Bonchev–Trinajstić information content (AvgIpc) is 3.53. The van der Waals surface area contributed by atoms with E-state index in [2.05, 4.69) is 0 Å². The summed E-state index contributed by atoms with van der Waals surface area (Å²) < 4.78 is 38.4. The largest absolute Gasteiger partial charge is 0.508 e. The van der Waals surface area contributed by atoms with Gasteiger partial charge in [-0.15, -0.1) is 0 Å². The molecule has 0 bridgehead atoms. The second-order valence-corrected chi connectivity index (χ2v) is 14.5. The molecule has 11 N–H and O–H groups in total. The molecule has 0 aliphatic carbocycles. The number of phenolic OH excluding ortho intramolecular Hbond substituents is 2. The Kier molecular flexibility index (Phi) is 14.6. The molecule has 0 radical (unpaired) electrons. The van der Waals surface area contributed by atoms with Gasteiger partial charge in [-0.1, -0.05) is 30.3 Å². The molecule has 0 saturated carbocycles. The van der Waals surface area contributed by atoms with E-state index in [9.17, 15) is 70.6 Å². The van der Waals surface area contributed by atoms with Gasteiger partial charge in [-0.2, -0.15) is 0 Å². The van der Waals surface area contributed by atoms with E-state index in [1.165, 1.54) is 66.8 Å². The van der Waals surface area contributed by atoms with Crippen LogP contribution in [0.15, 0.2) is 78.9 Å². The van der Waals surface area contributed by atoms with Gasteiger partial charge in [0.1, 0.15) is 72.3 Å². The lowest BCUT2D eigenvalue weighted by Crippen LogP contribution is -2.62. The first kappa shape index (κ1) is 46.0. The van der Waals surface area contributed by atoms with E-state index in [1.807, 2.05) is 0 Å². The van der Waals surface area contributed by atoms with Gasteiger partial charge < -0.3 is 89.3 Å². The van der Waals surface area contributed by atoms with Crippen LogP contribution in [0.3, 0.4) is 0 Å². The number of allylic oxidation sites excluding steroid dienone is 1. The average molecular weight is 873 g/mol. The molecule has 6 rings (SSSR count). The van der Waals surface area contributed by atoms with Crippen molar-refractivity contribution in [3.63, 3.8) is 0 Å². The molecule has 0 spiro atoms. The number of hydrogen-bond acceptors (Lipinski definition) is 20. The van der Waals surface area contributed by atoms with Crippen LogP contribution >= 0.6 is 0 Å². The molecule has 3 aliphatic heterocycles. The number of ether oxygens (including phenoxy) is 7. The summed E-state index contributed by atoms with van der Waals surface area (Å²) in [6.45, 7) is -2.12. The number of rotatable bonds is 15. The van der Waals surface area contributed by atoms with E-state index in [1.54, 1.807) is 12.1 Å². The quantitative estimate of drug-likeness (QED) is 0.0455. The van der Waals surface area contributed by atoms with Crippen molar-refractivity contribution in [2.24, 2.45) is 0 Å². The number of esters is 1. The van der Waals surface area contributed by atoms with Crippen molar-refractivity contribution in [1.29, 1.82) is 0 Å². The highest BCUT2D eigenvalue weighted by atomic mass is 16.8. The predicted molar refractivity (Wildman–Crippen MR) is 205 cm³/mol. The number of aliphatic hydroxyl groups excluding tert-OH is 7. The first-order valence-electron chi connectivity index (χ1n) is 18.8. The summed E-state index contributed by atoms with van der Waals surface area (Å²) >= 11 is 0. The smallest absolute Gasteiger partial charge is 0.335 e. The number of carbonyl (C=O) groups excluding carboxylic acids is 2. The van der Waals surface area contributed by atoms with Crippen LogP contribution in [0, 0.1) is 0 Å². The maximum Gasteiger partial charge on any atom is 0.335 e. The lowest BCUT2D eigenvalue weighted by molar-refractivity contribution is -0.318. The van der Waals surface area contributed by atoms with Crippen LogP contribution in [0.5, 0.6) is 23.0 Å². The van der Waals surface area contributed by atoms with Crippen LogP contribution in [0.4, 0.5) is 0 Å². The zero-order valence-corrected chi connectivity index (χ0v) is 32.2. The summed E-state index contributed by atoms with van der Waals surface area (Å²) in [6, 6.07) is 15.3. The number of benzene rings is 3. The van der Waals surface area contributed by atoms with Gasteiger partial charge in [0.15, 0.2) is 29.9 Å². The van der Waals surface area contributed by atoms with Crippen molar-refractivity contribution in [2.75, 3.05) is 19.8 Å². The number of aliphatic carboxylic acids is 1. The molecule has 21 nitrogen and oxygen atoms in total. The second-order valence-electron chi connectivity index (χ2n) is 14.5. The first-order chi connectivity index (χ1) is 29.5. The maximum atomic E-state index is 12.6. The van der Waals surface area contributed by atoms with E-state index >= 15 is 0 Å². The summed E-state index contributed by atoms with van der Waals surface area (Å²) in [7, 11) is 0. The molecule has 0 amide bonds. The third-order valence-corrected chi connectivity index (χ3v) is 10.0. The zero-order valence-electron chi connectivity index (χ0n) is 32.2. The fourth-order valence-corrected chi connectivity index (χ4v) is 6.48. The third-order valence-electron chi connectivity index (χ3n) is 10.0. The van der Waals surface area contributed by atoms with E-state index < -0.39 is 123 Å². The molecule has 13 unspecified atom stereocenters. The molecule has 3 aromatic rings. The van der Waals surface area contributed by atoms with Gasteiger partial charge in [0.2, 0.25) is 12.6 Å². The van der Waals surface area contributed by atoms with Crippen molar-refractivity contribution in [2.45, 2.75) is 79.4 Å². The standard InChI is InChI=1S/C41H44O21/c42-16-27-29(47)31(49)35(39(60-27)59-23-10-1-19(2-11-23)5-13-25(44)24-12-7-21(43)15-26(24)45)62-40-36(52)41(55,18-57-40)17-56-28(46)14-6-20-3-8-22(9-4-20)58-38-33(51)30(48)32(50)34(61-38)37(53)54/h1-15,27,29-36,38-40,42-43,45,47-52,55H,16-18H2,(H,53,54)/b13-5+,14-6+. The van der Waals surface area contributed by atoms with E-state index in [0.717, 1.165) is 12.1 Å². The molecule has 21 heteroatoms. The highest BCUT2D eigenvalue weighted by molar-refractivity contribution is 6.08. The van der Waals surface area contributed by atoms with E-state index in [0.29, 0.717) is 11.1 Å². The molecule has 62 heavy (non-hydrogen) atoms. The van der Waals surface area contributed by atoms with E-state index in [-0.39, 0.29) is 22.8 Å². The summed E-state index contributed by atoms with van der Waals surface area (Å²) in [5, 5.41) is 112. The van der Waals surface area contributed by atoms with Crippen molar-refractivity contribution >= 4 is 29.9 Å². The van der Waals surface area contributed by atoms with Crippen LogP contribution in [0.1, 0.15) is 21.5 Å².